The Balaban J connectivity index is 1.60. The molecule has 1 saturated heterocycles. The molecule has 3 nitrogen and oxygen atoms in total. The van der Waals surface area contributed by atoms with Crippen LogP contribution in [-0.4, -0.2) is 30.1 Å². The zero-order valence-corrected chi connectivity index (χ0v) is 11.5. The smallest absolute Gasteiger partial charge is 0.121 e. The zero-order valence-electron chi connectivity index (χ0n) is 11.5. The molecular formula is C15H24N2O. The van der Waals surface area contributed by atoms with Gasteiger partial charge < -0.3 is 9.73 Å². The SMILES string of the molecule is Cc1ccc(C(C)N2CCCC(NC3CC3)C2)o1. The van der Waals surface area contributed by atoms with Gasteiger partial charge in [0, 0.05) is 18.6 Å². The van der Waals surface area contributed by atoms with Crippen molar-refractivity contribution in [3.8, 4) is 0 Å². The van der Waals surface area contributed by atoms with Gasteiger partial charge in [-0.1, -0.05) is 0 Å². The van der Waals surface area contributed by atoms with Crippen LogP contribution in [-0.2, 0) is 0 Å². The molecule has 0 aromatic carbocycles. The second-order valence-corrected chi connectivity index (χ2v) is 5.90. The zero-order chi connectivity index (χ0) is 12.5. The van der Waals surface area contributed by atoms with Crippen molar-refractivity contribution in [1.29, 1.82) is 0 Å². The molecule has 3 rings (SSSR count). The number of nitrogens with one attached hydrogen (secondary N) is 1. The minimum atomic E-state index is 0.405. The number of furan rings is 1. The molecule has 0 spiro atoms. The minimum Gasteiger partial charge on any atom is -0.465 e. The summed E-state index contributed by atoms with van der Waals surface area (Å²) in [7, 11) is 0. The van der Waals surface area contributed by atoms with Crippen molar-refractivity contribution in [1.82, 2.24) is 10.2 Å². The number of likely N-dealkylation sites (tertiary alicyclic amines) is 1. The predicted molar refractivity (Wildman–Crippen MR) is 72.6 cm³/mol. The summed E-state index contributed by atoms with van der Waals surface area (Å²) in [5.74, 6) is 2.13. The summed E-state index contributed by atoms with van der Waals surface area (Å²) in [5.41, 5.74) is 0. The molecule has 18 heavy (non-hydrogen) atoms. The third-order valence-corrected chi connectivity index (χ3v) is 4.22. The van der Waals surface area contributed by atoms with Crippen LogP contribution in [0.3, 0.4) is 0 Å². The summed E-state index contributed by atoms with van der Waals surface area (Å²) in [6, 6.07) is 6.09. The lowest BCUT2D eigenvalue weighted by molar-refractivity contribution is 0.131. The topological polar surface area (TPSA) is 28.4 Å². The van der Waals surface area contributed by atoms with Gasteiger partial charge >= 0.3 is 0 Å². The van der Waals surface area contributed by atoms with Gasteiger partial charge in [0.25, 0.3) is 0 Å². The average Bonchev–Trinajstić information content (AvgIpc) is 3.08. The minimum absolute atomic E-state index is 0.405. The van der Waals surface area contributed by atoms with Gasteiger partial charge in [-0.3, -0.25) is 4.90 Å². The maximum atomic E-state index is 5.77. The fourth-order valence-corrected chi connectivity index (χ4v) is 2.94. The van der Waals surface area contributed by atoms with Crippen molar-refractivity contribution >= 4 is 0 Å². The lowest BCUT2D eigenvalue weighted by Crippen LogP contribution is -2.47. The first kappa shape index (κ1) is 12.2. The van der Waals surface area contributed by atoms with Crippen LogP contribution < -0.4 is 5.32 Å². The molecule has 1 aliphatic heterocycles. The fourth-order valence-electron chi connectivity index (χ4n) is 2.94. The summed E-state index contributed by atoms with van der Waals surface area (Å²) >= 11 is 0. The number of nitrogens with zero attached hydrogens (tertiary/aromatic N) is 1. The van der Waals surface area contributed by atoms with Crippen LogP contribution >= 0.6 is 0 Å². The van der Waals surface area contributed by atoms with Crippen LogP contribution in [0.4, 0.5) is 0 Å². The highest BCUT2D eigenvalue weighted by Gasteiger charge is 2.30. The highest BCUT2D eigenvalue weighted by molar-refractivity contribution is 5.09. The van der Waals surface area contributed by atoms with E-state index in [4.69, 9.17) is 4.42 Å². The first-order chi connectivity index (χ1) is 8.72. The molecule has 0 amide bonds. The second kappa shape index (κ2) is 5.06. The lowest BCUT2D eigenvalue weighted by Gasteiger charge is -2.36. The average molecular weight is 248 g/mol. The van der Waals surface area contributed by atoms with Gasteiger partial charge in [0.2, 0.25) is 0 Å². The van der Waals surface area contributed by atoms with E-state index in [9.17, 15) is 0 Å². The molecule has 2 unspecified atom stereocenters. The summed E-state index contributed by atoms with van der Waals surface area (Å²) in [6.45, 7) is 6.64. The Morgan fingerprint density at radius 2 is 2.11 bits per heavy atom. The Labute approximate surface area is 110 Å². The van der Waals surface area contributed by atoms with E-state index in [-0.39, 0.29) is 0 Å². The summed E-state index contributed by atoms with van der Waals surface area (Å²) in [4.78, 5) is 2.56. The quantitative estimate of drug-likeness (QED) is 0.888. The molecular weight excluding hydrogens is 224 g/mol. The number of piperidine rings is 1. The van der Waals surface area contributed by atoms with E-state index in [1.807, 2.05) is 6.92 Å². The van der Waals surface area contributed by atoms with Crippen LogP contribution in [0.25, 0.3) is 0 Å². The highest BCUT2D eigenvalue weighted by Crippen LogP contribution is 2.27. The van der Waals surface area contributed by atoms with Crippen molar-refractivity contribution < 1.29 is 4.42 Å². The Hall–Kier alpha value is -0.800. The van der Waals surface area contributed by atoms with Crippen LogP contribution in [0.5, 0.6) is 0 Å². The van der Waals surface area contributed by atoms with E-state index in [1.54, 1.807) is 0 Å². The third-order valence-electron chi connectivity index (χ3n) is 4.22. The first-order valence-electron chi connectivity index (χ1n) is 7.29. The van der Waals surface area contributed by atoms with Gasteiger partial charge in [0.05, 0.1) is 6.04 Å². The van der Waals surface area contributed by atoms with Crippen LogP contribution in [0.1, 0.15) is 50.2 Å². The van der Waals surface area contributed by atoms with E-state index in [0.29, 0.717) is 12.1 Å². The van der Waals surface area contributed by atoms with Crippen LogP contribution in [0.2, 0.25) is 0 Å². The molecule has 0 radical (unpaired) electrons. The monoisotopic (exact) mass is 248 g/mol. The first-order valence-corrected chi connectivity index (χ1v) is 7.29. The van der Waals surface area contributed by atoms with Crippen molar-refractivity contribution in [2.45, 2.75) is 57.7 Å². The van der Waals surface area contributed by atoms with E-state index in [0.717, 1.165) is 24.1 Å². The van der Waals surface area contributed by atoms with Crippen molar-refractivity contribution in [2.75, 3.05) is 13.1 Å². The normalized spacial score (nSPS) is 27.3. The van der Waals surface area contributed by atoms with Crippen molar-refractivity contribution in [3.05, 3.63) is 23.7 Å². The molecule has 1 aromatic heterocycles. The maximum Gasteiger partial charge on any atom is 0.121 e. The third kappa shape index (κ3) is 2.78. The Morgan fingerprint density at radius 1 is 1.28 bits per heavy atom. The molecule has 3 heteroatoms. The number of rotatable bonds is 4. The van der Waals surface area contributed by atoms with Gasteiger partial charge in [0.1, 0.15) is 11.5 Å². The summed E-state index contributed by atoms with van der Waals surface area (Å²) in [5, 5.41) is 3.76. The molecule has 1 aromatic rings. The Morgan fingerprint density at radius 3 is 2.78 bits per heavy atom. The molecule has 1 saturated carbocycles. The number of hydrogen-bond acceptors (Lipinski definition) is 3. The van der Waals surface area contributed by atoms with E-state index in [2.05, 4.69) is 29.3 Å². The lowest BCUT2D eigenvalue weighted by atomic mass is 10.0. The van der Waals surface area contributed by atoms with E-state index >= 15 is 0 Å². The molecule has 1 N–H and O–H groups in total. The second-order valence-electron chi connectivity index (χ2n) is 5.90. The largest absolute Gasteiger partial charge is 0.465 e. The molecule has 1 aliphatic carbocycles. The molecule has 2 aliphatic rings. The molecule has 2 fully saturated rings. The predicted octanol–water partition coefficient (Wildman–Crippen LogP) is 2.87. The van der Waals surface area contributed by atoms with E-state index in [1.165, 1.54) is 32.2 Å². The molecule has 2 atom stereocenters. The molecule has 2 heterocycles. The standard InChI is InChI=1S/C15H24N2O/c1-11-5-8-15(18-11)12(2)17-9-3-4-14(10-17)16-13-6-7-13/h5,8,12-14,16H,3-4,6-7,9-10H2,1-2H3. The van der Waals surface area contributed by atoms with Crippen molar-refractivity contribution in [2.24, 2.45) is 0 Å². The molecule has 100 valence electrons. The van der Waals surface area contributed by atoms with Crippen molar-refractivity contribution in [3.63, 3.8) is 0 Å². The number of hydrogen-bond donors (Lipinski definition) is 1. The van der Waals surface area contributed by atoms with Crippen LogP contribution in [0, 0.1) is 6.92 Å². The fraction of sp³-hybridized carbons (Fsp3) is 0.733. The summed E-state index contributed by atoms with van der Waals surface area (Å²) in [6.07, 6.45) is 5.39. The van der Waals surface area contributed by atoms with Crippen LogP contribution in [0.15, 0.2) is 16.5 Å². The number of aryl methyl sites for hydroxylation is 1. The summed E-state index contributed by atoms with van der Waals surface area (Å²) < 4.78 is 5.77. The Kier molecular flexibility index (Phi) is 3.44. The van der Waals surface area contributed by atoms with Gasteiger partial charge in [-0.25, -0.2) is 0 Å². The molecule has 0 bridgehead atoms. The maximum absolute atomic E-state index is 5.77. The van der Waals surface area contributed by atoms with Gasteiger partial charge in [-0.2, -0.15) is 0 Å². The highest BCUT2D eigenvalue weighted by atomic mass is 16.3. The van der Waals surface area contributed by atoms with Gasteiger partial charge in [-0.05, 0) is 58.2 Å². The van der Waals surface area contributed by atoms with Gasteiger partial charge in [0.15, 0.2) is 0 Å². The Bertz CT molecular complexity index is 397. The van der Waals surface area contributed by atoms with E-state index < -0.39 is 0 Å². The van der Waals surface area contributed by atoms with Gasteiger partial charge in [-0.15, -0.1) is 0 Å².